The van der Waals surface area contributed by atoms with Crippen molar-refractivity contribution >= 4 is 15.9 Å². The number of hydrogen-bond acceptors (Lipinski definition) is 3. The molecule has 1 aliphatic carbocycles. The van der Waals surface area contributed by atoms with Crippen LogP contribution in [0.5, 0.6) is 0 Å². The van der Waals surface area contributed by atoms with Gasteiger partial charge in [-0.2, -0.15) is 0 Å². The number of nitrogens with zero attached hydrogens (tertiary/aromatic N) is 3. The van der Waals surface area contributed by atoms with Gasteiger partial charge in [0.1, 0.15) is 12.2 Å². The van der Waals surface area contributed by atoms with Crippen LogP contribution >= 0.6 is 15.9 Å². The van der Waals surface area contributed by atoms with Crippen LogP contribution in [0.2, 0.25) is 0 Å². The monoisotopic (exact) mass is 213 g/mol. The van der Waals surface area contributed by atoms with E-state index in [1.807, 2.05) is 0 Å². The zero-order valence-corrected chi connectivity index (χ0v) is 7.58. The smallest absolute Gasteiger partial charge is 0.199 e. The van der Waals surface area contributed by atoms with Crippen LogP contribution in [0.25, 0.3) is 0 Å². The largest absolute Gasteiger partial charge is 0.221 e. The first kappa shape index (κ1) is 7.16. The molecule has 0 spiro atoms. The zero-order chi connectivity index (χ0) is 7.68. The van der Waals surface area contributed by atoms with Gasteiger partial charge in [0.25, 0.3) is 0 Å². The maximum atomic E-state index is 4.19. The third-order valence-corrected chi connectivity index (χ3v) is 2.41. The Bertz CT molecular complexity index is 260. The molecule has 1 aromatic heterocycles. The highest BCUT2D eigenvalue weighted by molar-refractivity contribution is 9.10. The van der Waals surface area contributed by atoms with E-state index in [0.29, 0.717) is 10.7 Å². The summed E-state index contributed by atoms with van der Waals surface area (Å²) in [5, 5.41) is 0. The van der Waals surface area contributed by atoms with Crippen molar-refractivity contribution in [3.8, 4) is 0 Å². The molecular weight excluding hydrogens is 206 g/mol. The first-order valence-corrected chi connectivity index (χ1v) is 4.50. The molecule has 0 saturated heterocycles. The minimum atomic E-state index is 0.592. The highest BCUT2D eigenvalue weighted by Crippen LogP contribution is 2.34. The summed E-state index contributed by atoms with van der Waals surface area (Å²) in [6, 6.07) is 0. The summed E-state index contributed by atoms with van der Waals surface area (Å²) in [6.45, 7) is 0. The normalized spacial score (nSPS) is 17.9. The molecule has 0 N–H and O–H groups in total. The summed E-state index contributed by atoms with van der Waals surface area (Å²) < 4.78 is 0.648. The SMILES string of the molecule is Brc1ncnc(C2CCC2)n1. The Balaban J connectivity index is 2.23. The summed E-state index contributed by atoms with van der Waals surface area (Å²) >= 11 is 3.22. The molecule has 0 aliphatic heterocycles. The average molecular weight is 214 g/mol. The van der Waals surface area contributed by atoms with Crippen molar-refractivity contribution in [2.24, 2.45) is 0 Å². The molecule has 0 amide bonds. The molecule has 0 aromatic carbocycles. The van der Waals surface area contributed by atoms with Gasteiger partial charge in [0.2, 0.25) is 0 Å². The lowest BCUT2D eigenvalue weighted by atomic mass is 9.85. The molecule has 0 bridgehead atoms. The van der Waals surface area contributed by atoms with Crippen LogP contribution in [-0.4, -0.2) is 15.0 Å². The molecule has 0 radical (unpaired) electrons. The molecule has 3 nitrogen and oxygen atoms in total. The number of halogens is 1. The Hall–Kier alpha value is -0.510. The quantitative estimate of drug-likeness (QED) is 0.716. The molecule has 1 saturated carbocycles. The van der Waals surface area contributed by atoms with Gasteiger partial charge in [0, 0.05) is 5.92 Å². The molecule has 11 heavy (non-hydrogen) atoms. The Kier molecular flexibility index (Phi) is 1.85. The third kappa shape index (κ3) is 1.40. The van der Waals surface area contributed by atoms with E-state index in [4.69, 9.17) is 0 Å². The van der Waals surface area contributed by atoms with Gasteiger partial charge in [-0.3, -0.25) is 0 Å². The fraction of sp³-hybridized carbons (Fsp3) is 0.571. The highest BCUT2D eigenvalue weighted by atomic mass is 79.9. The average Bonchev–Trinajstić information content (AvgIpc) is 1.83. The molecule has 2 rings (SSSR count). The second kappa shape index (κ2) is 2.85. The van der Waals surface area contributed by atoms with E-state index >= 15 is 0 Å². The van der Waals surface area contributed by atoms with Gasteiger partial charge in [-0.15, -0.1) is 0 Å². The van der Waals surface area contributed by atoms with Crippen molar-refractivity contribution in [3.05, 3.63) is 16.9 Å². The first-order valence-electron chi connectivity index (χ1n) is 3.70. The fourth-order valence-corrected chi connectivity index (χ4v) is 1.42. The minimum absolute atomic E-state index is 0.592. The number of aromatic nitrogens is 3. The molecule has 1 aliphatic rings. The molecule has 1 heterocycles. The van der Waals surface area contributed by atoms with Crippen molar-refractivity contribution in [1.82, 2.24) is 15.0 Å². The number of hydrogen-bond donors (Lipinski definition) is 0. The van der Waals surface area contributed by atoms with Gasteiger partial charge in [0.05, 0.1) is 0 Å². The molecule has 0 unspecified atom stereocenters. The van der Waals surface area contributed by atoms with E-state index in [0.717, 1.165) is 5.82 Å². The lowest BCUT2D eigenvalue weighted by molar-refractivity contribution is 0.399. The van der Waals surface area contributed by atoms with E-state index in [1.165, 1.54) is 19.3 Å². The zero-order valence-electron chi connectivity index (χ0n) is 6.00. The van der Waals surface area contributed by atoms with Crippen LogP contribution in [0.1, 0.15) is 31.0 Å². The van der Waals surface area contributed by atoms with E-state index in [9.17, 15) is 0 Å². The summed E-state index contributed by atoms with van der Waals surface area (Å²) in [6.07, 6.45) is 5.34. The molecule has 4 heteroatoms. The summed E-state index contributed by atoms with van der Waals surface area (Å²) in [4.78, 5) is 12.2. The van der Waals surface area contributed by atoms with E-state index in [2.05, 4.69) is 30.9 Å². The predicted octanol–water partition coefficient (Wildman–Crippen LogP) is 1.90. The number of rotatable bonds is 1. The summed E-state index contributed by atoms with van der Waals surface area (Å²) in [5.74, 6) is 1.53. The lowest BCUT2D eigenvalue weighted by Gasteiger charge is -2.23. The topological polar surface area (TPSA) is 38.7 Å². The maximum absolute atomic E-state index is 4.19. The fourth-order valence-electron chi connectivity index (χ4n) is 1.15. The lowest BCUT2D eigenvalue weighted by Crippen LogP contribution is -2.12. The van der Waals surface area contributed by atoms with Crippen LogP contribution in [0.4, 0.5) is 0 Å². The summed E-state index contributed by atoms with van der Waals surface area (Å²) in [5.41, 5.74) is 0. The van der Waals surface area contributed by atoms with Gasteiger partial charge < -0.3 is 0 Å². The second-order valence-electron chi connectivity index (χ2n) is 2.74. The standard InChI is InChI=1S/C7H8BrN3/c8-7-10-4-9-6(11-7)5-2-1-3-5/h4-5H,1-3H2. The van der Waals surface area contributed by atoms with Crippen molar-refractivity contribution in [2.45, 2.75) is 25.2 Å². The van der Waals surface area contributed by atoms with Crippen LogP contribution in [0, 0.1) is 0 Å². The van der Waals surface area contributed by atoms with Crippen molar-refractivity contribution < 1.29 is 0 Å². The van der Waals surface area contributed by atoms with Crippen molar-refractivity contribution in [3.63, 3.8) is 0 Å². The molecule has 58 valence electrons. The predicted molar refractivity (Wildman–Crippen MR) is 44.1 cm³/mol. The van der Waals surface area contributed by atoms with Crippen LogP contribution in [0.3, 0.4) is 0 Å². The highest BCUT2D eigenvalue weighted by Gasteiger charge is 2.22. The van der Waals surface area contributed by atoms with Crippen molar-refractivity contribution in [1.29, 1.82) is 0 Å². The third-order valence-electron chi connectivity index (χ3n) is 2.03. The Morgan fingerprint density at radius 2 is 2.18 bits per heavy atom. The first-order chi connectivity index (χ1) is 5.36. The van der Waals surface area contributed by atoms with E-state index in [-0.39, 0.29) is 0 Å². The van der Waals surface area contributed by atoms with Gasteiger partial charge in [0.15, 0.2) is 4.73 Å². The Morgan fingerprint density at radius 3 is 2.73 bits per heavy atom. The molecule has 0 atom stereocenters. The van der Waals surface area contributed by atoms with E-state index < -0.39 is 0 Å². The van der Waals surface area contributed by atoms with Crippen LogP contribution in [0.15, 0.2) is 11.1 Å². The van der Waals surface area contributed by atoms with Gasteiger partial charge >= 0.3 is 0 Å². The van der Waals surface area contributed by atoms with Crippen LogP contribution < -0.4 is 0 Å². The molecule has 1 fully saturated rings. The van der Waals surface area contributed by atoms with Crippen LogP contribution in [-0.2, 0) is 0 Å². The molecule has 1 aromatic rings. The van der Waals surface area contributed by atoms with Gasteiger partial charge in [-0.1, -0.05) is 6.42 Å². The maximum Gasteiger partial charge on any atom is 0.199 e. The summed E-state index contributed by atoms with van der Waals surface area (Å²) in [7, 11) is 0. The minimum Gasteiger partial charge on any atom is -0.221 e. The van der Waals surface area contributed by atoms with Crippen molar-refractivity contribution in [2.75, 3.05) is 0 Å². The van der Waals surface area contributed by atoms with Gasteiger partial charge in [-0.05, 0) is 28.8 Å². The molecular formula is C7H8BrN3. The second-order valence-corrected chi connectivity index (χ2v) is 3.45. The Morgan fingerprint density at radius 1 is 1.36 bits per heavy atom. The van der Waals surface area contributed by atoms with E-state index in [1.54, 1.807) is 6.33 Å². The van der Waals surface area contributed by atoms with Gasteiger partial charge in [-0.25, -0.2) is 15.0 Å². The Labute approximate surface area is 73.4 Å².